The lowest BCUT2D eigenvalue weighted by atomic mass is 10.3. The van der Waals surface area contributed by atoms with Crippen LogP contribution in [-0.2, 0) is 0 Å². The zero-order chi connectivity index (χ0) is 13.0. The van der Waals surface area contributed by atoms with E-state index in [-0.39, 0.29) is 21.8 Å². The summed E-state index contributed by atoms with van der Waals surface area (Å²) in [5.41, 5.74) is -0.271. The predicted octanol–water partition coefficient (Wildman–Crippen LogP) is 1.25. The summed E-state index contributed by atoms with van der Waals surface area (Å²) in [5, 5.41) is 20.3. The van der Waals surface area contributed by atoms with Crippen molar-refractivity contribution in [3.8, 4) is 5.88 Å². The Hall–Kier alpha value is -1.41. The maximum atomic E-state index is 10.9. The average Bonchev–Trinajstić information content (AvgIpc) is 2.27. The van der Waals surface area contributed by atoms with Crippen molar-refractivity contribution < 1.29 is 14.8 Å². The van der Waals surface area contributed by atoms with Gasteiger partial charge in [0.1, 0.15) is 6.33 Å². The van der Waals surface area contributed by atoms with Crippen molar-refractivity contribution in [2.75, 3.05) is 7.11 Å². The molecular formula is C9H13N3O4S. The first-order valence-corrected chi connectivity index (χ1v) is 5.73. The van der Waals surface area contributed by atoms with E-state index in [2.05, 4.69) is 9.97 Å². The number of rotatable bonds is 5. The van der Waals surface area contributed by atoms with Gasteiger partial charge in [0.05, 0.1) is 18.1 Å². The molecule has 0 saturated heterocycles. The summed E-state index contributed by atoms with van der Waals surface area (Å²) in [6.07, 6.45) is 0.601. The minimum atomic E-state index is -0.597. The van der Waals surface area contributed by atoms with E-state index in [0.717, 1.165) is 11.8 Å². The van der Waals surface area contributed by atoms with Crippen LogP contribution in [-0.4, -0.2) is 38.5 Å². The molecule has 0 aliphatic heterocycles. The third kappa shape index (κ3) is 3.27. The molecule has 1 N–H and O–H groups in total. The van der Waals surface area contributed by atoms with E-state index in [9.17, 15) is 15.2 Å². The van der Waals surface area contributed by atoms with Crippen molar-refractivity contribution in [1.82, 2.24) is 9.97 Å². The van der Waals surface area contributed by atoms with E-state index in [1.807, 2.05) is 0 Å². The van der Waals surface area contributed by atoms with Crippen LogP contribution < -0.4 is 4.74 Å². The number of hydrogen-bond acceptors (Lipinski definition) is 7. The second-order valence-electron chi connectivity index (χ2n) is 3.36. The van der Waals surface area contributed by atoms with Crippen LogP contribution in [0.15, 0.2) is 11.4 Å². The predicted molar refractivity (Wildman–Crippen MR) is 62.2 cm³/mol. The highest BCUT2D eigenvalue weighted by Gasteiger charge is 2.26. The Morgan fingerprint density at radius 1 is 1.53 bits per heavy atom. The molecule has 94 valence electrons. The maximum Gasteiger partial charge on any atom is 0.362 e. The van der Waals surface area contributed by atoms with Crippen LogP contribution in [0.1, 0.15) is 13.8 Å². The molecule has 0 saturated carbocycles. The fourth-order valence-electron chi connectivity index (χ4n) is 1.01. The Labute approximate surface area is 102 Å². The fourth-order valence-corrected chi connectivity index (χ4v) is 1.94. The molecule has 1 aromatic rings. The van der Waals surface area contributed by atoms with Crippen LogP contribution in [0.3, 0.4) is 0 Å². The quantitative estimate of drug-likeness (QED) is 0.368. The highest BCUT2D eigenvalue weighted by molar-refractivity contribution is 8.00. The Morgan fingerprint density at radius 3 is 2.65 bits per heavy atom. The standard InChI is InChI=1S/C9H13N3O4S/c1-5(13)6(2)17-9-7(12(14)15)8(16-3)10-4-11-9/h4-6,13H,1-3H3. The van der Waals surface area contributed by atoms with Crippen LogP contribution in [0.4, 0.5) is 5.69 Å². The van der Waals surface area contributed by atoms with E-state index in [4.69, 9.17) is 4.74 Å². The van der Waals surface area contributed by atoms with Crippen molar-refractivity contribution in [3.63, 3.8) is 0 Å². The molecule has 8 heteroatoms. The molecule has 0 bridgehead atoms. The van der Waals surface area contributed by atoms with Crippen LogP contribution in [0, 0.1) is 10.1 Å². The molecule has 0 aromatic carbocycles. The molecule has 1 heterocycles. The molecule has 2 atom stereocenters. The van der Waals surface area contributed by atoms with Gasteiger partial charge in [-0.3, -0.25) is 10.1 Å². The lowest BCUT2D eigenvalue weighted by molar-refractivity contribution is -0.389. The molecule has 1 rings (SSSR count). The fraction of sp³-hybridized carbons (Fsp3) is 0.556. The summed E-state index contributed by atoms with van der Waals surface area (Å²) in [7, 11) is 1.31. The molecule has 0 aliphatic carbocycles. The molecule has 0 radical (unpaired) electrons. The van der Waals surface area contributed by atoms with Crippen molar-refractivity contribution in [2.24, 2.45) is 0 Å². The van der Waals surface area contributed by atoms with Crippen LogP contribution >= 0.6 is 11.8 Å². The smallest absolute Gasteiger partial charge is 0.362 e. The molecule has 0 aliphatic rings. The summed E-state index contributed by atoms with van der Waals surface area (Å²) in [4.78, 5) is 17.9. The van der Waals surface area contributed by atoms with Crippen LogP contribution in [0.25, 0.3) is 0 Å². The molecule has 1 aromatic heterocycles. The molecular weight excluding hydrogens is 246 g/mol. The summed E-state index contributed by atoms with van der Waals surface area (Å²) in [5.74, 6) is -0.0784. The number of aromatic nitrogens is 2. The van der Waals surface area contributed by atoms with E-state index >= 15 is 0 Å². The van der Waals surface area contributed by atoms with Crippen molar-refractivity contribution in [2.45, 2.75) is 30.2 Å². The summed E-state index contributed by atoms with van der Waals surface area (Å²) in [6, 6.07) is 0. The maximum absolute atomic E-state index is 10.9. The summed E-state index contributed by atoms with van der Waals surface area (Å²) < 4.78 is 4.82. The van der Waals surface area contributed by atoms with Gasteiger partial charge in [0.15, 0.2) is 5.03 Å². The van der Waals surface area contributed by atoms with Gasteiger partial charge >= 0.3 is 5.69 Å². The topological polar surface area (TPSA) is 98.4 Å². The second-order valence-corrected chi connectivity index (χ2v) is 4.72. The van der Waals surface area contributed by atoms with E-state index < -0.39 is 11.0 Å². The minimum absolute atomic E-state index is 0.0784. The third-order valence-corrected chi connectivity index (χ3v) is 3.40. The van der Waals surface area contributed by atoms with E-state index in [0.29, 0.717) is 0 Å². The molecule has 7 nitrogen and oxygen atoms in total. The van der Waals surface area contributed by atoms with Gasteiger partial charge in [-0.15, -0.1) is 0 Å². The van der Waals surface area contributed by atoms with Gasteiger partial charge in [0.2, 0.25) is 0 Å². The Balaban J connectivity index is 3.10. The van der Waals surface area contributed by atoms with Crippen LogP contribution in [0.2, 0.25) is 0 Å². The molecule has 2 unspecified atom stereocenters. The first-order valence-electron chi connectivity index (χ1n) is 4.85. The number of methoxy groups -OCH3 is 1. The van der Waals surface area contributed by atoms with Gasteiger partial charge < -0.3 is 9.84 Å². The van der Waals surface area contributed by atoms with Crippen molar-refractivity contribution >= 4 is 17.4 Å². The van der Waals surface area contributed by atoms with Gasteiger partial charge in [-0.2, -0.15) is 4.98 Å². The number of nitrogens with zero attached hydrogens (tertiary/aromatic N) is 3. The Bertz CT molecular complexity index is 413. The van der Waals surface area contributed by atoms with Gasteiger partial charge in [-0.25, -0.2) is 4.98 Å². The third-order valence-electron chi connectivity index (χ3n) is 2.11. The van der Waals surface area contributed by atoms with Crippen molar-refractivity contribution in [3.05, 3.63) is 16.4 Å². The molecule has 0 amide bonds. The monoisotopic (exact) mass is 259 g/mol. The van der Waals surface area contributed by atoms with Gasteiger partial charge in [0.25, 0.3) is 5.88 Å². The molecule has 0 fully saturated rings. The first-order chi connectivity index (χ1) is 7.97. The normalized spacial score (nSPS) is 14.1. The SMILES string of the molecule is COc1ncnc(SC(C)C(C)O)c1[N+](=O)[O-]. The number of nitro groups is 1. The largest absolute Gasteiger partial charge is 0.476 e. The molecule has 17 heavy (non-hydrogen) atoms. The first kappa shape index (κ1) is 13.7. The second kappa shape index (κ2) is 5.78. The lowest BCUT2D eigenvalue weighted by Gasteiger charge is -2.13. The molecule has 0 spiro atoms. The van der Waals surface area contributed by atoms with Gasteiger partial charge in [-0.1, -0.05) is 18.7 Å². The minimum Gasteiger partial charge on any atom is -0.476 e. The highest BCUT2D eigenvalue weighted by Crippen LogP contribution is 2.36. The number of ether oxygens (including phenoxy) is 1. The average molecular weight is 259 g/mol. The Morgan fingerprint density at radius 2 is 2.18 bits per heavy atom. The van der Waals surface area contributed by atoms with E-state index in [1.165, 1.54) is 13.4 Å². The number of aliphatic hydroxyl groups excluding tert-OH is 1. The Kier molecular flexibility index (Phi) is 4.64. The van der Waals surface area contributed by atoms with E-state index in [1.54, 1.807) is 13.8 Å². The van der Waals surface area contributed by atoms with Crippen LogP contribution in [0.5, 0.6) is 5.88 Å². The van der Waals surface area contributed by atoms with Gasteiger partial charge in [-0.05, 0) is 6.92 Å². The summed E-state index contributed by atoms with van der Waals surface area (Å²) in [6.45, 7) is 3.37. The lowest BCUT2D eigenvalue weighted by Crippen LogP contribution is -2.15. The zero-order valence-electron chi connectivity index (χ0n) is 9.65. The highest BCUT2D eigenvalue weighted by atomic mass is 32.2. The summed E-state index contributed by atoms with van der Waals surface area (Å²) >= 11 is 1.11. The van der Waals surface area contributed by atoms with Crippen molar-refractivity contribution in [1.29, 1.82) is 0 Å². The number of thioether (sulfide) groups is 1. The number of aliphatic hydroxyl groups is 1. The zero-order valence-corrected chi connectivity index (χ0v) is 10.5. The van der Waals surface area contributed by atoms with Gasteiger partial charge in [0, 0.05) is 5.25 Å². The number of hydrogen-bond donors (Lipinski definition) is 1.